The molecule has 0 saturated carbocycles. The Morgan fingerprint density at radius 2 is 2.04 bits per heavy atom. The lowest BCUT2D eigenvalue weighted by atomic mass is 10.1. The lowest BCUT2D eigenvalue weighted by Gasteiger charge is -2.27. The molecule has 0 spiro atoms. The molecule has 1 heterocycles. The van der Waals surface area contributed by atoms with Gasteiger partial charge in [0.1, 0.15) is 12.4 Å². The Balaban J connectivity index is 1.76. The van der Waals surface area contributed by atoms with Crippen molar-refractivity contribution in [2.45, 2.75) is 40.2 Å². The number of rotatable bonds is 7. The molecular formula is C19H29N3O3. The van der Waals surface area contributed by atoms with E-state index in [2.05, 4.69) is 23.6 Å². The highest BCUT2D eigenvalue weighted by Gasteiger charge is 2.18. The van der Waals surface area contributed by atoms with Crippen LogP contribution in [0.15, 0.2) is 12.1 Å². The highest BCUT2D eigenvalue weighted by molar-refractivity contribution is 5.80. The number of carbonyl (C=O) groups excluding carboxylic acids is 2. The normalized spacial score (nSPS) is 15.8. The highest BCUT2D eigenvalue weighted by atomic mass is 16.5. The number of benzene rings is 1. The summed E-state index contributed by atoms with van der Waals surface area (Å²) in [6, 6.07) is 4.04. The third-order valence-electron chi connectivity index (χ3n) is 4.55. The van der Waals surface area contributed by atoms with Crippen LogP contribution in [0.25, 0.3) is 0 Å². The number of nitrogens with zero attached hydrogens (tertiary/aromatic N) is 1. The van der Waals surface area contributed by atoms with E-state index < -0.39 is 0 Å². The van der Waals surface area contributed by atoms with E-state index >= 15 is 0 Å². The van der Waals surface area contributed by atoms with Crippen LogP contribution in [-0.2, 0) is 9.59 Å². The molecule has 0 aromatic heterocycles. The zero-order valence-corrected chi connectivity index (χ0v) is 15.6. The van der Waals surface area contributed by atoms with Crippen LogP contribution in [0.3, 0.4) is 0 Å². The van der Waals surface area contributed by atoms with Crippen LogP contribution in [0.5, 0.6) is 5.75 Å². The largest absolute Gasteiger partial charge is 0.491 e. The van der Waals surface area contributed by atoms with Crippen molar-refractivity contribution in [3.8, 4) is 5.75 Å². The molecule has 6 heteroatoms. The Labute approximate surface area is 149 Å². The molecule has 1 saturated heterocycles. The van der Waals surface area contributed by atoms with E-state index in [1.807, 2.05) is 26.8 Å². The first kappa shape index (κ1) is 19.2. The van der Waals surface area contributed by atoms with E-state index in [-0.39, 0.29) is 17.9 Å². The van der Waals surface area contributed by atoms with E-state index in [4.69, 9.17) is 4.74 Å². The van der Waals surface area contributed by atoms with E-state index in [1.165, 1.54) is 5.56 Å². The monoisotopic (exact) mass is 347 g/mol. The van der Waals surface area contributed by atoms with E-state index in [9.17, 15) is 9.59 Å². The Morgan fingerprint density at radius 3 is 2.76 bits per heavy atom. The van der Waals surface area contributed by atoms with Gasteiger partial charge in [-0.1, -0.05) is 12.1 Å². The minimum atomic E-state index is -0.0921. The second kappa shape index (κ2) is 8.85. The SMILES string of the molecule is Cc1ccc(C)c(OCC(C)NC(=O)CCN2CCNCC2=O)c1C. The molecule has 138 valence electrons. The van der Waals surface area contributed by atoms with Crippen LogP contribution in [0, 0.1) is 20.8 Å². The van der Waals surface area contributed by atoms with E-state index in [1.54, 1.807) is 4.90 Å². The van der Waals surface area contributed by atoms with Crippen LogP contribution in [0.1, 0.15) is 30.0 Å². The summed E-state index contributed by atoms with van der Waals surface area (Å²) in [6.07, 6.45) is 0.318. The van der Waals surface area contributed by atoms with Crippen molar-refractivity contribution < 1.29 is 14.3 Å². The Morgan fingerprint density at radius 1 is 1.32 bits per heavy atom. The highest BCUT2D eigenvalue weighted by Crippen LogP contribution is 2.25. The lowest BCUT2D eigenvalue weighted by Crippen LogP contribution is -2.49. The summed E-state index contributed by atoms with van der Waals surface area (Å²) in [4.78, 5) is 25.5. The second-order valence-corrected chi connectivity index (χ2v) is 6.74. The molecule has 2 rings (SSSR count). The van der Waals surface area contributed by atoms with Crippen molar-refractivity contribution in [3.05, 3.63) is 28.8 Å². The van der Waals surface area contributed by atoms with Crippen molar-refractivity contribution in [1.29, 1.82) is 0 Å². The molecule has 0 aliphatic carbocycles. The van der Waals surface area contributed by atoms with Gasteiger partial charge >= 0.3 is 0 Å². The molecule has 6 nitrogen and oxygen atoms in total. The third kappa shape index (κ3) is 5.46. The van der Waals surface area contributed by atoms with Gasteiger partial charge in [0.25, 0.3) is 0 Å². The fourth-order valence-electron chi connectivity index (χ4n) is 2.86. The number of hydrogen-bond donors (Lipinski definition) is 2. The van der Waals surface area contributed by atoms with Crippen molar-refractivity contribution >= 4 is 11.8 Å². The van der Waals surface area contributed by atoms with Crippen molar-refractivity contribution in [2.75, 3.05) is 32.8 Å². The fourth-order valence-corrected chi connectivity index (χ4v) is 2.86. The minimum Gasteiger partial charge on any atom is -0.491 e. The maximum absolute atomic E-state index is 12.1. The zero-order valence-electron chi connectivity index (χ0n) is 15.6. The predicted octanol–water partition coefficient (Wildman–Crippen LogP) is 1.32. The van der Waals surface area contributed by atoms with Gasteiger partial charge in [-0.05, 0) is 44.4 Å². The van der Waals surface area contributed by atoms with Crippen LogP contribution in [0.2, 0.25) is 0 Å². The van der Waals surface area contributed by atoms with Crippen LogP contribution >= 0.6 is 0 Å². The Bertz CT molecular complexity index is 631. The molecule has 0 bridgehead atoms. The first-order chi connectivity index (χ1) is 11.9. The zero-order chi connectivity index (χ0) is 18.4. The number of amides is 2. The average molecular weight is 347 g/mol. The number of piperazine rings is 1. The van der Waals surface area contributed by atoms with Gasteiger partial charge in [-0.3, -0.25) is 9.59 Å². The van der Waals surface area contributed by atoms with E-state index in [0.29, 0.717) is 32.7 Å². The molecule has 1 aliphatic heterocycles. The molecule has 1 atom stereocenters. The number of hydrogen-bond acceptors (Lipinski definition) is 4. The van der Waals surface area contributed by atoms with Gasteiger partial charge in [-0.25, -0.2) is 0 Å². The summed E-state index contributed by atoms with van der Waals surface area (Å²) in [7, 11) is 0. The fraction of sp³-hybridized carbons (Fsp3) is 0.579. The summed E-state index contributed by atoms with van der Waals surface area (Å²) in [6.45, 7) is 10.8. The standard InChI is InChI=1S/C19H29N3O3/c1-13-5-6-14(2)19(16(13)4)25-12-15(3)21-17(23)7-9-22-10-8-20-11-18(22)24/h5-6,15,20H,7-12H2,1-4H3,(H,21,23). The van der Waals surface area contributed by atoms with Crippen molar-refractivity contribution in [3.63, 3.8) is 0 Å². The molecule has 1 aliphatic rings. The molecule has 1 aromatic carbocycles. The number of aryl methyl sites for hydroxylation is 2. The van der Waals surface area contributed by atoms with Gasteiger partial charge in [0, 0.05) is 26.1 Å². The van der Waals surface area contributed by atoms with Gasteiger partial charge in [-0.2, -0.15) is 0 Å². The Hall–Kier alpha value is -2.08. The summed E-state index contributed by atoms with van der Waals surface area (Å²) in [5.74, 6) is 0.897. The van der Waals surface area contributed by atoms with E-state index in [0.717, 1.165) is 23.4 Å². The first-order valence-electron chi connectivity index (χ1n) is 8.86. The predicted molar refractivity (Wildman–Crippen MR) is 97.8 cm³/mol. The quantitative estimate of drug-likeness (QED) is 0.780. The first-order valence-corrected chi connectivity index (χ1v) is 8.86. The number of ether oxygens (including phenoxy) is 1. The lowest BCUT2D eigenvalue weighted by molar-refractivity contribution is -0.132. The summed E-state index contributed by atoms with van der Waals surface area (Å²) in [5.41, 5.74) is 3.42. The molecule has 2 N–H and O–H groups in total. The summed E-state index contributed by atoms with van der Waals surface area (Å²) >= 11 is 0. The molecular weight excluding hydrogens is 318 g/mol. The maximum Gasteiger partial charge on any atom is 0.236 e. The average Bonchev–Trinajstić information content (AvgIpc) is 2.57. The van der Waals surface area contributed by atoms with Crippen LogP contribution in [0.4, 0.5) is 0 Å². The number of nitrogens with one attached hydrogen (secondary N) is 2. The topological polar surface area (TPSA) is 70.7 Å². The Kier molecular flexibility index (Phi) is 6.82. The summed E-state index contributed by atoms with van der Waals surface area (Å²) < 4.78 is 5.94. The summed E-state index contributed by atoms with van der Waals surface area (Å²) in [5, 5.41) is 5.96. The van der Waals surface area contributed by atoms with Gasteiger partial charge in [0.2, 0.25) is 11.8 Å². The smallest absolute Gasteiger partial charge is 0.236 e. The molecule has 1 fully saturated rings. The molecule has 2 amide bonds. The van der Waals surface area contributed by atoms with Crippen molar-refractivity contribution in [2.24, 2.45) is 0 Å². The minimum absolute atomic E-state index is 0.0554. The van der Waals surface area contributed by atoms with Gasteiger partial charge in [-0.15, -0.1) is 0 Å². The second-order valence-electron chi connectivity index (χ2n) is 6.74. The van der Waals surface area contributed by atoms with Crippen LogP contribution in [-0.4, -0.2) is 55.5 Å². The van der Waals surface area contributed by atoms with Gasteiger partial charge < -0.3 is 20.3 Å². The molecule has 25 heavy (non-hydrogen) atoms. The third-order valence-corrected chi connectivity index (χ3v) is 4.55. The van der Waals surface area contributed by atoms with Crippen molar-refractivity contribution in [1.82, 2.24) is 15.5 Å². The van der Waals surface area contributed by atoms with Crippen LogP contribution < -0.4 is 15.4 Å². The molecule has 0 radical (unpaired) electrons. The van der Waals surface area contributed by atoms with Gasteiger partial charge in [0.05, 0.1) is 12.6 Å². The maximum atomic E-state index is 12.1. The number of carbonyl (C=O) groups is 2. The molecule has 1 aromatic rings. The molecule has 1 unspecified atom stereocenters. The van der Waals surface area contributed by atoms with Gasteiger partial charge in [0.15, 0.2) is 0 Å².